The molecule has 6 heteroatoms. The van der Waals surface area contributed by atoms with Gasteiger partial charge in [-0.25, -0.2) is 0 Å². The second kappa shape index (κ2) is 7.51. The highest BCUT2D eigenvalue weighted by atomic mass is 16.2. The van der Waals surface area contributed by atoms with E-state index in [4.69, 9.17) is 0 Å². The molecule has 3 fully saturated rings. The van der Waals surface area contributed by atoms with E-state index < -0.39 is 5.54 Å². The molecule has 31 heavy (non-hydrogen) atoms. The van der Waals surface area contributed by atoms with Crippen molar-refractivity contribution in [1.82, 2.24) is 15.5 Å². The van der Waals surface area contributed by atoms with Crippen LogP contribution >= 0.6 is 0 Å². The van der Waals surface area contributed by atoms with Crippen LogP contribution in [0.2, 0.25) is 0 Å². The van der Waals surface area contributed by atoms with Crippen molar-refractivity contribution in [3.05, 3.63) is 59.7 Å². The maximum Gasteiger partial charge on any atom is 0.253 e. The molecule has 2 saturated carbocycles. The number of carbonyl (C=O) groups excluding carboxylic acids is 2. The van der Waals surface area contributed by atoms with E-state index in [1.54, 1.807) is 4.90 Å². The number of rotatable bonds is 3. The van der Waals surface area contributed by atoms with Crippen molar-refractivity contribution in [2.45, 2.75) is 36.6 Å². The molecule has 6 nitrogen and oxygen atoms in total. The van der Waals surface area contributed by atoms with Gasteiger partial charge in [0.25, 0.3) is 5.91 Å². The number of nitriles is 1. The summed E-state index contributed by atoms with van der Waals surface area (Å²) in [6.45, 7) is 2.17. The predicted octanol–water partition coefficient (Wildman–Crippen LogP) is 2.60. The summed E-state index contributed by atoms with van der Waals surface area (Å²) in [6.07, 6.45) is 3.58. The average Bonchev–Trinajstić information content (AvgIpc) is 3.73. The summed E-state index contributed by atoms with van der Waals surface area (Å²) < 4.78 is 0. The lowest BCUT2D eigenvalue weighted by Gasteiger charge is -2.22. The Morgan fingerprint density at radius 3 is 2.39 bits per heavy atom. The Morgan fingerprint density at radius 2 is 1.71 bits per heavy atom. The van der Waals surface area contributed by atoms with Crippen LogP contribution in [-0.4, -0.2) is 48.4 Å². The molecule has 0 radical (unpaired) electrons. The van der Waals surface area contributed by atoms with Gasteiger partial charge in [0.2, 0.25) is 5.91 Å². The second-order valence-corrected chi connectivity index (χ2v) is 8.91. The molecule has 3 aliphatic rings. The van der Waals surface area contributed by atoms with Gasteiger partial charge < -0.3 is 15.5 Å². The summed E-state index contributed by atoms with van der Waals surface area (Å²) >= 11 is 0. The van der Waals surface area contributed by atoms with Crippen molar-refractivity contribution in [1.29, 1.82) is 5.26 Å². The summed E-state index contributed by atoms with van der Waals surface area (Å²) in [5, 5.41) is 15.8. The lowest BCUT2D eigenvalue weighted by atomic mass is 9.93. The van der Waals surface area contributed by atoms with Crippen LogP contribution in [0, 0.1) is 11.3 Å². The van der Waals surface area contributed by atoms with E-state index in [1.165, 1.54) is 0 Å². The van der Waals surface area contributed by atoms with E-state index in [9.17, 15) is 14.9 Å². The fraction of sp³-hybridized carbons (Fsp3) is 0.400. The summed E-state index contributed by atoms with van der Waals surface area (Å²) in [5.41, 5.74) is 3.09. The molecule has 2 amide bonds. The second-order valence-electron chi connectivity index (χ2n) is 8.91. The standard InChI is InChI=1S/C25H26N4O2/c26-17-24(8-9-24)21-3-1-2-20(16-21)18-4-6-19(7-5-18)22(30)29-14-12-27-23(31)25(10-11-25)28-13-15-29/h1-7,16,28H,8-15H2,(H,27,31). The summed E-state index contributed by atoms with van der Waals surface area (Å²) in [6, 6.07) is 18.3. The minimum absolute atomic E-state index is 0.0236. The zero-order valence-electron chi connectivity index (χ0n) is 17.5. The number of nitrogens with zero attached hydrogens (tertiary/aromatic N) is 2. The van der Waals surface area contributed by atoms with Crippen molar-refractivity contribution in [3.8, 4) is 17.2 Å². The van der Waals surface area contributed by atoms with Crippen molar-refractivity contribution in [2.24, 2.45) is 0 Å². The quantitative estimate of drug-likeness (QED) is 0.809. The first kappa shape index (κ1) is 19.8. The number of carbonyl (C=O) groups is 2. The minimum atomic E-state index is -0.403. The number of nitrogens with one attached hydrogen (secondary N) is 2. The van der Waals surface area contributed by atoms with E-state index >= 15 is 0 Å². The molecule has 1 spiro atoms. The number of amides is 2. The van der Waals surface area contributed by atoms with Gasteiger partial charge in [-0.1, -0.05) is 30.3 Å². The smallest absolute Gasteiger partial charge is 0.253 e. The number of hydrogen-bond donors (Lipinski definition) is 2. The first-order valence-corrected chi connectivity index (χ1v) is 11.0. The molecule has 2 aliphatic carbocycles. The molecule has 158 valence electrons. The van der Waals surface area contributed by atoms with E-state index in [2.05, 4.69) is 22.8 Å². The van der Waals surface area contributed by atoms with Crippen LogP contribution in [-0.2, 0) is 10.2 Å². The van der Waals surface area contributed by atoms with Gasteiger partial charge in [-0.05, 0) is 60.6 Å². The van der Waals surface area contributed by atoms with E-state index in [0.717, 1.165) is 42.4 Å². The maximum atomic E-state index is 13.1. The number of benzene rings is 2. The number of hydrogen-bond acceptors (Lipinski definition) is 4. The van der Waals surface area contributed by atoms with Gasteiger partial charge in [0.15, 0.2) is 0 Å². The SMILES string of the molecule is N#CC1(c2cccc(-c3ccc(C(=O)N4CCNC(=O)C5(CC5)NCC4)cc3)c2)CC1. The van der Waals surface area contributed by atoms with Gasteiger partial charge in [0.1, 0.15) is 0 Å². The highest BCUT2D eigenvalue weighted by Crippen LogP contribution is 2.48. The van der Waals surface area contributed by atoms with Crippen LogP contribution < -0.4 is 10.6 Å². The summed E-state index contributed by atoms with van der Waals surface area (Å²) in [4.78, 5) is 27.1. The van der Waals surface area contributed by atoms with E-state index in [-0.39, 0.29) is 17.2 Å². The normalized spacial score (nSPS) is 21.3. The van der Waals surface area contributed by atoms with E-state index in [1.807, 2.05) is 42.5 Å². The van der Waals surface area contributed by atoms with Gasteiger partial charge in [-0.15, -0.1) is 0 Å². The van der Waals surface area contributed by atoms with Crippen molar-refractivity contribution in [2.75, 3.05) is 26.2 Å². The monoisotopic (exact) mass is 414 g/mol. The third-order valence-electron chi connectivity index (χ3n) is 6.83. The fourth-order valence-corrected chi connectivity index (χ4v) is 4.40. The molecule has 5 rings (SSSR count). The molecule has 1 saturated heterocycles. The van der Waals surface area contributed by atoms with Crippen LogP contribution in [0.25, 0.3) is 11.1 Å². The minimum Gasteiger partial charge on any atom is -0.353 e. The third kappa shape index (κ3) is 3.70. The van der Waals surface area contributed by atoms with Crippen molar-refractivity contribution in [3.63, 3.8) is 0 Å². The molecule has 0 unspecified atom stereocenters. The fourth-order valence-electron chi connectivity index (χ4n) is 4.40. The largest absolute Gasteiger partial charge is 0.353 e. The van der Waals surface area contributed by atoms with Gasteiger partial charge in [0.05, 0.1) is 17.0 Å². The van der Waals surface area contributed by atoms with Crippen molar-refractivity contribution >= 4 is 11.8 Å². The topological polar surface area (TPSA) is 85.2 Å². The van der Waals surface area contributed by atoms with Gasteiger partial charge >= 0.3 is 0 Å². The molecule has 0 bridgehead atoms. The van der Waals surface area contributed by atoms with Crippen LogP contribution in [0.1, 0.15) is 41.6 Å². The van der Waals surface area contributed by atoms with Crippen molar-refractivity contribution < 1.29 is 9.59 Å². The first-order chi connectivity index (χ1) is 15.1. The molecule has 1 heterocycles. The Hall–Kier alpha value is -3.17. The maximum absolute atomic E-state index is 13.1. The van der Waals surface area contributed by atoms with Gasteiger partial charge in [-0.2, -0.15) is 5.26 Å². The Labute approximate surface area is 182 Å². The van der Waals surface area contributed by atoms with Crippen LogP contribution in [0.5, 0.6) is 0 Å². The van der Waals surface area contributed by atoms with Crippen LogP contribution in [0.3, 0.4) is 0 Å². The molecule has 2 N–H and O–H groups in total. The Bertz CT molecular complexity index is 1060. The lowest BCUT2D eigenvalue weighted by Crippen LogP contribution is -2.46. The summed E-state index contributed by atoms with van der Waals surface area (Å²) in [5.74, 6) is 0.0299. The molecular weight excluding hydrogens is 388 g/mol. The average molecular weight is 415 g/mol. The first-order valence-electron chi connectivity index (χ1n) is 11.0. The van der Waals surface area contributed by atoms with Gasteiger partial charge in [0, 0.05) is 31.7 Å². The molecule has 1 aliphatic heterocycles. The van der Waals surface area contributed by atoms with Gasteiger partial charge in [-0.3, -0.25) is 9.59 Å². The van der Waals surface area contributed by atoms with Crippen LogP contribution in [0.4, 0.5) is 0 Å². The van der Waals surface area contributed by atoms with E-state index in [0.29, 0.717) is 31.7 Å². The van der Waals surface area contributed by atoms with Crippen LogP contribution in [0.15, 0.2) is 48.5 Å². The zero-order valence-corrected chi connectivity index (χ0v) is 17.5. The Kier molecular flexibility index (Phi) is 4.79. The zero-order chi connectivity index (χ0) is 21.5. The molecule has 0 aromatic heterocycles. The highest BCUT2D eigenvalue weighted by Gasteiger charge is 2.49. The molecule has 2 aromatic carbocycles. The predicted molar refractivity (Wildman–Crippen MR) is 117 cm³/mol. The molecular formula is C25H26N4O2. The molecule has 0 atom stereocenters. The highest BCUT2D eigenvalue weighted by molar-refractivity contribution is 5.95. The summed E-state index contributed by atoms with van der Waals surface area (Å²) in [7, 11) is 0. The third-order valence-corrected chi connectivity index (χ3v) is 6.83. The Balaban J connectivity index is 1.30. The Morgan fingerprint density at radius 1 is 0.968 bits per heavy atom. The molecule has 2 aromatic rings. The lowest BCUT2D eigenvalue weighted by molar-refractivity contribution is -0.124.